The number of nitrogens with two attached hydrogens (primary N) is 1. The van der Waals surface area contributed by atoms with Crippen molar-refractivity contribution in [1.29, 1.82) is 0 Å². The zero-order valence-electron chi connectivity index (χ0n) is 14.3. The van der Waals surface area contributed by atoms with Crippen molar-refractivity contribution in [2.75, 3.05) is 32.2 Å². The second-order valence-electron chi connectivity index (χ2n) is 5.50. The number of nitrogen functional groups attached to an aromatic ring is 1. The van der Waals surface area contributed by atoms with Gasteiger partial charge in [0, 0.05) is 16.8 Å². The maximum Gasteiger partial charge on any atom is 0.355 e. The molecule has 1 aromatic heterocycles. The highest BCUT2D eigenvalue weighted by molar-refractivity contribution is 8.02. The van der Waals surface area contributed by atoms with E-state index in [1.165, 1.54) is 18.9 Å². The van der Waals surface area contributed by atoms with Gasteiger partial charge in [0.1, 0.15) is 18.8 Å². The summed E-state index contributed by atoms with van der Waals surface area (Å²) < 4.78 is 0. The standard InChI is InChI=1S/C14H16N6O5S2/c1-25-18-9(7-5-27-14(15)17-7)11(21)16-6-3-19-4-8(26-2)10(13(23)24)20(19)12(6)22/h5-6H,3-4H2,1-2H3,(H2,15,17)(H,16,21)(H,23,24)/b18-9+/t6-/m0/s1. The Bertz CT molecular complexity index is 866. The molecular weight excluding hydrogens is 396 g/mol. The lowest BCUT2D eigenvalue weighted by Gasteiger charge is -2.18. The minimum atomic E-state index is -1.19. The quantitative estimate of drug-likeness (QED) is 0.407. The summed E-state index contributed by atoms with van der Waals surface area (Å²) in [7, 11) is 1.28. The number of anilines is 1. The van der Waals surface area contributed by atoms with Crippen LogP contribution in [0.15, 0.2) is 21.1 Å². The fraction of sp³-hybridized carbons (Fsp3) is 0.357. The van der Waals surface area contributed by atoms with Crippen LogP contribution in [0.3, 0.4) is 0 Å². The number of nitrogens with one attached hydrogen (secondary N) is 1. The molecule has 0 aromatic carbocycles. The van der Waals surface area contributed by atoms with Crippen LogP contribution in [0.5, 0.6) is 0 Å². The molecule has 0 bridgehead atoms. The van der Waals surface area contributed by atoms with E-state index >= 15 is 0 Å². The molecule has 0 unspecified atom stereocenters. The zero-order valence-corrected chi connectivity index (χ0v) is 16.0. The van der Waals surface area contributed by atoms with Gasteiger partial charge in [0.15, 0.2) is 16.5 Å². The molecule has 4 N–H and O–H groups in total. The number of carboxylic acids is 1. The average Bonchev–Trinajstić information content (AvgIpc) is 3.28. The monoisotopic (exact) mass is 412 g/mol. The number of nitrogens with zero attached hydrogens (tertiary/aromatic N) is 4. The fourth-order valence-corrected chi connectivity index (χ4v) is 3.99. The van der Waals surface area contributed by atoms with Crippen LogP contribution in [0, 0.1) is 0 Å². The average molecular weight is 412 g/mol. The number of thiazole rings is 1. The predicted octanol–water partition coefficient (Wildman–Crippen LogP) is -0.707. The number of oxime groups is 1. The topological polar surface area (TPSA) is 150 Å². The van der Waals surface area contributed by atoms with Crippen LogP contribution in [-0.4, -0.2) is 76.1 Å². The first-order chi connectivity index (χ1) is 12.9. The lowest BCUT2D eigenvalue weighted by molar-refractivity contribution is -0.143. The third-order valence-corrected chi connectivity index (χ3v) is 5.39. The molecule has 3 heterocycles. The Morgan fingerprint density at radius 1 is 1.56 bits per heavy atom. The Morgan fingerprint density at radius 3 is 2.85 bits per heavy atom. The number of fused-ring (bicyclic) bond motifs is 1. The second-order valence-corrected chi connectivity index (χ2v) is 7.29. The molecule has 1 aromatic rings. The van der Waals surface area contributed by atoms with Crippen LogP contribution < -0.4 is 11.1 Å². The first-order valence-electron chi connectivity index (χ1n) is 7.60. The summed E-state index contributed by atoms with van der Waals surface area (Å²) in [6.07, 6.45) is 1.75. The van der Waals surface area contributed by atoms with Crippen molar-refractivity contribution in [2.45, 2.75) is 6.04 Å². The van der Waals surface area contributed by atoms with Gasteiger partial charge in [-0.15, -0.1) is 23.1 Å². The van der Waals surface area contributed by atoms with Gasteiger partial charge in [-0.1, -0.05) is 5.16 Å². The molecule has 27 heavy (non-hydrogen) atoms. The molecule has 1 saturated heterocycles. The molecule has 144 valence electrons. The molecule has 0 saturated carbocycles. The Hall–Kier alpha value is -2.64. The third-order valence-electron chi connectivity index (χ3n) is 3.90. The minimum absolute atomic E-state index is 0.0812. The summed E-state index contributed by atoms with van der Waals surface area (Å²) in [4.78, 5) is 46.1. The Labute approximate surface area is 161 Å². The van der Waals surface area contributed by atoms with Crippen molar-refractivity contribution in [2.24, 2.45) is 5.16 Å². The third kappa shape index (κ3) is 3.48. The molecule has 3 rings (SSSR count). The number of aromatic nitrogens is 1. The number of aliphatic carboxylic acids is 1. The smallest absolute Gasteiger partial charge is 0.355 e. The first kappa shape index (κ1) is 19.1. The number of carbonyl (C=O) groups excluding carboxylic acids is 2. The number of hydrazine groups is 1. The summed E-state index contributed by atoms with van der Waals surface area (Å²) in [6, 6.07) is -0.923. The summed E-state index contributed by atoms with van der Waals surface area (Å²) in [6.45, 7) is 0.438. The van der Waals surface area contributed by atoms with E-state index in [1.807, 2.05) is 0 Å². The van der Waals surface area contributed by atoms with Crippen LogP contribution in [0.4, 0.5) is 5.13 Å². The number of carbonyl (C=O) groups is 3. The number of thioether (sulfide) groups is 1. The summed E-state index contributed by atoms with van der Waals surface area (Å²) >= 11 is 2.41. The van der Waals surface area contributed by atoms with Crippen LogP contribution in [-0.2, 0) is 19.2 Å². The van der Waals surface area contributed by atoms with Gasteiger partial charge in [0.25, 0.3) is 11.8 Å². The van der Waals surface area contributed by atoms with Crippen molar-refractivity contribution in [3.05, 3.63) is 21.7 Å². The van der Waals surface area contributed by atoms with Crippen molar-refractivity contribution in [1.82, 2.24) is 20.3 Å². The van der Waals surface area contributed by atoms with Gasteiger partial charge in [-0.2, -0.15) is 0 Å². The Balaban J connectivity index is 1.78. The van der Waals surface area contributed by atoms with E-state index in [1.54, 1.807) is 16.6 Å². The van der Waals surface area contributed by atoms with Gasteiger partial charge in [-0.05, 0) is 6.26 Å². The first-order valence-corrected chi connectivity index (χ1v) is 9.70. The Morgan fingerprint density at radius 2 is 2.30 bits per heavy atom. The molecule has 13 heteroatoms. The maximum absolute atomic E-state index is 12.7. The molecule has 0 spiro atoms. The van der Waals surface area contributed by atoms with Gasteiger partial charge < -0.3 is 21.0 Å². The fourth-order valence-electron chi connectivity index (χ4n) is 2.80. The van der Waals surface area contributed by atoms with E-state index in [0.717, 1.165) is 16.3 Å². The van der Waals surface area contributed by atoms with E-state index in [9.17, 15) is 19.5 Å². The number of hydrogen-bond acceptors (Lipinski definition) is 10. The summed E-state index contributed by atoms with van der Waals surface area (Å²) in [5.41, 5.74) is 5.59. The lowest BCUT2D eigenvalue weighted by atomic mass is 10.2. The largest absolute Gasteiger partial charge is 0.476 e. The number of hydrogen-bond donors (Lipinski definition) is 3. The molecule has 2 amide bonds. The van der Waals surface area contributed by atoms with Gasteiger partial charge in [0.2, 0.25) is 0 Å². The van der Waals surface area contributed by atoms with E-state index in [-0.39, 0.29) is 28.8 Å². The highest BCUT2D eigenvalue weighted by atomic mass is 32.2. The molecule has 1 atom stereocenters. The maximum atomic E-state index is 12.7. The van der Waals surface area contributed by atoms with E-state index in [2.05, 4.69) is 20.3 Å². The van der Waals surface area contributed by atoms with Gasteiger partial charge >= 0.3 is 5.97 Å². The van der Waals surface area contributed by atoms with Gasteiger partial charge in [-0.25, -0.2) is 19.8 Å². The van der Waals surface area contributed by atoms with Gasteiger partial charge in [-0.3, -0.25) is 9.59 Å². The van der Waals surface area contributed by atoms with Gasteiger partial charge in [0.05, 0.1) is 6.54 Å². The lowest BCUT2D eigenvalue weighted by Crippen LogP contribution is -2.46. The predicted molar refractivity (Wildman–Crippen MR) is 98.6 cm³/mol. The molecule has 2 aliphatic rings. The van der Waals surface area contributed by atoms with Crippen molar-refractivity contribution < 1.29 is 24.3 Å². The second kappa shape index (κ2) is 7.54. The molecule has 2 aliphatic heterocycles. The molecule has 0 aliphatic carbocycles. The summed E-state index contributed by atoms with van der Waals surface area (Å²) in [5, 5.41) is 20.1. The summed E-state index contributed by atoms with van der Waals surface area (Å²) in [5.74, 6) is -2.39. The Kier molecular flexibility index (Phi) is 5.34. The normalized spacial score (nSPS) is 20.2. The highest BCUT2D eigenvalue weighted by Crippen LogP contribution is 2.33. The molecule has 1 fully saturated rings. The van der Waals surface area contributed by atoms with Crippen molar-refractivity contribution in [3.63, 3.8) is 0 Å². The van der Waals surface area contributed by atoms with E-state index < -0.39 is 23.8 Å². The number of amides is 2. The van der Waals surface area contributed by atoms with Crippen molar-refractivity contribution >= 4 is 51.7 Å². The number of rotatable bonds is 6. The van der Waals surface area contributed by atoms with E-state index in [4.69, 9.17) is 5.73 Å². The van der Waals surface area contributed by atoms with Crippen LogP contribution in [0.25, 0.3) is 0 Å². The van der Waals surface area contributed by atoms with Crippen LogP contribution >= 0.6 is 23.1 Å². The highest BCUT2D eigenvalue weighted by Gasteiger charge is 2.48. The molecular formula is C14H16N6O5S2. The van der Waals surface area contributed by atoms with Crippen molar-refractivity contribution in [3.8, 4) is 0 Å². The SMILES string of the molecule is CO/N=C(/C(=O)N[C@H]1CN2CC(SC)=C(C(=O)O)N2C1=O)c1csc(N)n1. The van der Waals surface area contributed by atoms with Crippen LogP contribution in [0.2, 0.25) is 0 Å². The van der Waals surface area contributed by atoms with E-state index in [0.29, 0.717) is 11.4 Å². The van der Waals surface area contributed by atoms with Crippen LogP contribution in [0.1, 0.15) is 5.69 Å². The molecule has 11 nitrogen and oxygen atoms in total. The zero-order chi connectivity index (χ0) is 19.7. The number of carboxylic acid groups (broad SMARTS) is 1. The minimum Gasteiger partial charge on any atom is -0.476 e. The molecule has 0 radical (unpaired) electrons.